The van der Waals surface area contributed by atoms with E-state index in [9.17, 15) is 9.50 Å². The predicted octanol–water partition coefficient (Wildman–Crippen LogP) is 5.98. The zero-order valence-corrected chi connectivity index (χ0v) is 18.7. The summed E-state index contributed by atoms with van der Waals surface area (Å²) in [5.74, 6) is -1.30. The number of hydrogen-bond acceptors (Lipinski definition) is 5. The number of aromatic nitrogens is 2. The van der Waals surface area contributed by atoms with E-state index in [2.05, 4.69) is 32.3 Å². The van der Waals surface area contributed by atoms with Gasteiger partial charge in [0.25, 0.3) is 0 Å². The lowest BCUT2D eigenvalue weighted by Crippen LogP contribution is -2.21. The third-order valence-corrected chi connectivity index (χ3v) is 6.30. The fourth-order valence-corrected chi connectivity index (χ4v) is 4.45. The van der Waals surface area contributed by atoms with E-state index in [1.165, 1.54) is 37.6 Å². The second kappa shape index (κ2) is 9.33. The van der Waals surface area contributed by atoms with Crippen molar-refractivity contribution < 1.29 is 9.50 Å². The van der Waals surface area contributed by atoms with Crippen LogP contribution in [0.25, 0.3) is 22.0 Å². The highest BCUT2D eigenvalue weighted by atomic mass is 35.5. The van der Waals surface area contributed by atoms with Crippen molar-refractivity contribution in [2.75, 3.05) is 25.0 Å². The van der Waals surface area contributed by atoms with Gasteiger partial charge in [-0.15, -0.1) is 0 Å². The minimum Gasteiger partial charge on any atom is -0.504 e. The van der Waals surface area contributed by atoms with Crippen LogP contribution in [-0.4, -0.2) is 39.6 Å². The highest BCUT2D eigenvalue weighted by Crippen LogP contribution is 2.35. The van der Waals surface area contributed by atoms with Crippen LogP contribution in [0, 0.1) is 11.9 Å². The molecule has 2 aromatic heterocycles. The topological polar surface area (TPSA) is 61.3 Å². The lowest BCUT2D eigenvalue weighted by molar-refractivity contribution is 0.343. The van der Waals surface area contributed by atoms with Crippen LogP contribution in [0.1, 0.15) is 18.4 Å². The molecule has 0 saturated carbocycles. The maximum atomic E-state index is 14.0. The molecule has 1 fully saturated rings. The van der Waals surface area contributed by atoms with Crippen LogP contribution < -0.4 is 5.32 Å². The minimum absolute atomic E-state index is 0.0296. The second-order valence-electron chi connectivity index (χ2n) is 8.30. The van der Waals surface area contributed by atoms with E-state index in [1.54, 1.807) is 18.5 Å². The second-order valence-corrected chi connectivity index (χ2v) is 8.71. The molecule has 167 valence electrons. The number of anilines is 2. The lowest BCUT2D eigenvalue weighted by atomic mass is 10.0. The van der Waals surface area contributed by atoms with E-state index in [-0.39, 0.29) is 5.02 Å². The van der Waals surface area contributed by atoms with Crippen LogP contribution in [0.2, 0.25) is 5.02 Å². The molecule has 0 bridgehead atoms. The number of aromatic hydroxyl groups is 1. The largest absolute Gasteiger partial charge is 0.504 e. The Balaban J connectivity index is 1.43. The molecule has 5 nitrogen and oxygen atoms in total. The maximum Gasteiger partial charge on any atom is 0.170 e. The quantitative estimate of drug-likeness (QED) is 0.370. The number of benzene rings is 2. The average molecular weight is 462 g/mol. The van der Waals surface area contributed by atoms with Gasteiger partial charge in [0, 0.05) is 30.4 Å². The molecule has 4 aromatic rings. The number of pyridine rings is 2. The third-order valence-electron chi connectivity index (χ3n) is 6.01. The van der Waals surface area contributed by atoms with Crippen LogP contribution in [0.15, 0.2) is 55.0 Å². The van der Waals surface area contributed by atoms with E-state index in [1.807, 2.05) is 24.4 Å². The van der Waals surface area contributed by atoms with Crippen LogP contribution >= 0.6 is 11.6 Å². The first kappa shape index (κ1) is 21.6. The fraction of sp³-hybridized carbons (Fsp3) is 0.231. The number of fused-ring (bicyclic) bond motifs is 1. The number of halogens is 2. The summed E-state index contributed by atoms with van der Waals surface area (Å²) in [5.41, 5.74) is 4.92. The molecular weight excluding hydrogens is 439 g/mol. The summed E-state index contributed by atoms with van der Waals surface area (Å²) in [6, 6.07) is 13.7. The zero-order chi connectivity index (χ0) is 22.8. The van der Waals surface area contributed by atoms with E-state index in [4.69, 9.17) is 11.6 Å². The van der Waals surface area contributed by atoms with Crippen LogP contribution in [0.4, 0.5) is 15.8 Å². The smallest absolute Gasteiger partial charge is 0.170 e. The zero-order valence-electron chi connectivity index (χ0n) is 18.0. The molecule has 2 aromatic carbocycles. The van der Waals surface area contributed by atoms with Crippen molar-refractivity contribution in [3.63, 3.8) is 0 Å². The molecule has 33 heavy (non-hydrogen) atoms. The number of nitrogens with zero attached hydrogens (tertiary/aromatic N) is 3. The van der Waals surface area contributed by atoms with Gasteiger partial charge in [-0.05, 0) is 79.4 Å². The molecule has 0 atom stereocenters. The third kappa shape index (κ3) is 4.77. The number of phenolic OH excluding ortho intramolecular Hbond substituents is 1. The number of nitrogens with one attached hydrogen (secondary N) is 1. The predicted molar refractivity (Wildman–Crippen MR) is 130 cm³/mol. The van der Waals surface area contributed by atoms with Crippen molar-refractivity contribution in [3.05, 3.63) is 77.5 Å². The molecule has 5 rings (SSSR count). The molecule has 1 aliphatic heterocycles. The van der Waals surface area contributed by atoms with Gasteiger partial charge in [-0.25, -0.2) is 4.39 Å². The molecule has 2 N–H and O–H groups in total. The average Bonchev–Trinajstić information content (AvgIpc) is 3.35. The Morgan fingerprint density at radius 2 is 1.94 bits per heavy atom. The summed E-state index contributed by atoms with van der Waals surface area (Å²) in [4.78, 5) is 11.3. The highest BCUT2D eigenvalue weighted by molar-refractivity contribution is 6.32. The maximum absolute atomic E-state index is 14.0. The Morgan fingerprint density at radius 1 is 1.09 bits per heavy atom. The van der Waals surface area contributed by atoms with Gasteiger partial charge >= 0.3 is 0 Å². The first-order chi connectivity index (χ1) is 16.1. The fourth-order valence-electron chi connectivity index (χ4n) is 4.24. The van der Waals surface area contributed by atoms with Gasteiger partial charge < -0.3 is 15.3 Å². The number of phenols is 1. The lowest BCUT2D eigenvalue weighted by Gasteiger charge is -2.15. The summed E-state index contributed by atoms with van der Waals surface area (Å²) in [5, 5.41) is 13.9. The first-order valence-corrected chi connectivity index (χ1v) is 11.4. The molecule has 1 aliphatic rings. The van der Waals surface area contributed by atoms with E-state index in [0.717, 1.165) is 40.8 Å². The van der Waals surface area contributed by atoms with E-state index < -0.39 is 11.6 Å². The minimum atomic E-state index is -0.759. The van der Waals surface area contributed by atoms with Gasteiger partial charge in [0.15, 0.2) is 11.6 Å². The molecule has 0 aliphatic carbocycles. The van der Waals surface area contributed by atoms with Gasteiger partial charge in [-0.2, -0.15) is 0 Å². The van der Waals surface area contributed by atoms with E-state index in [0.29, 0.717) is 5.56 Å². The number of rotatable bonds is 6. The molecule has 0 amide bonds. The Morgan fingerprint density at radius 3 is 2.76 bits per heavy atom. The van der Waals surface area contributed by atoms with Gasteiger partial charge in [-0.1, -0.05) is 17.7 Å². The highest BCUT2D eigenvalue weighted by Gasteiger charge is 2.13. The SMILES string of the molecule is Oc1c(F)cc(-c2ccc3nc[c]c(Nc4cncc(CCN5CCCC5)c4)c3c2)cc1Cl. The van der Waals surface area contributed by atoms with Gasteiger partial charge in [-0.3, -0.25) is 9.97 Å². The summed E-state index contributed by atoms with van der Waals surface area (Å²) in [6.45, 7) is 3.41. The molecular formula is C26H23ClFN4O. The van der Waals surface area contributed by atoms with Crippen LogP contribution in [-0.2, 0) is 6.42 Å². The van der Waals surface area contributed by atoms with Gasteiger partial charge in [0.1, 0.15) is 0 Å². The standard InChI is InChI=1S/C26H23ClFN4O/c27-22-13-19(14-23(28)26(22)33)18-3-4-24-21(12-18)25(5-7-30-24)31-20-11-17(15-29-16-20)6-10-32-8-1-2-9-32/h3-4,7,11-16,33H,1-2,6,8-10H2,(H,30,31). The van der Waals surface area contributed by atoms with Crippen molar-refractivity contribution in [2.24, 2.45) is 0 Å². The molecule has 1 saturated heterocycles. The molecule has 0 unspecified atom stereocenters. The number of likely N-dealkylation sites (tertiary alicyclic amines) is 1. The Hall–Kier alpha value is -3.22. The Labute approximate surface area is 196 Å². The van der Waals surface area contributed by atoms with E-state index >= 15 is 0 Å². The number of hydrogen-bond donors (Lipinski definition) is 2. The van der Waals surface area contributed by atoms with Crippen molar-refractivity contribution in [3.8, 4) is 16.9 Å². The Bertz CT molecular complexity index is 1280. The van der Waals surface area contributed by atoms with Crippen LogP contribution in [0.5, 0.6) is 5.75 Å². The first-order valence-electron chi connectivity index (χ1n) is 11.0. The van der Waals surface area contributed by atoms with Gasteiger partial charge in [0.05, 0.1) is 28.1 Å². The summed E-state index contributed by atoms with van der Waals surface area (Å²) in [7, 11) is 0. The van der Waals surface area contributed by atoms with Crippen molar-refractivity contribution in [1.29, 1.82) is 0 Å². The van der Waals surface area contributed by atoms with Crippen molar-refractivity contribution in [2.45, 2.75) is 19.3 Å². The molecule has 7 heteroatoms. The van der Waals surface area contributed by atoms with Gasteiger partial charge in [0.2, 0.25) is 0 Å². The summed E-state index contributed by atoms with van der Waals surface area (Å²) in [6.07, 6.45) is 8.87. The summed E-state index contributed by atoms with van der Waals surface area (Å²) >= 11 is 5.98. The molecule has 3 heterocycles. The van der Waals surface area contributed by atoms with Crippen molar-refractivity contribution >= 4 is 33.9 Å². The normalized spacial score (nSPS) is 14.1. The molecule has 0 spiro atoms. The van der Waals surface area contributed by atoms with Crippen molar-refractivity contribution in [1.82, 2.24) is 14.9 Å². The summed E-state index contributed by atoms with van der Waals surface area (Å²) < 4.78 is 14.0. The monoisotopic (exact) mass is 461 g/mol. The molecule has 1 radical (unpaired) electrons. The van der Waals surface area contributed by atoms with Crippen LogP contribution in [0.3, 0.4) is 0 Å². The Kier molecular flexibility index (Phi) is 6.11.